The molecule has 4 rings (SSSR count). The van der Waals surface area contributed by atoms with Crippen LogP contribution in [0.5, 0.6) is 0 Å². The summed E-state index contributed by atoms with van der Waals surface area (Å²) in [5.74, 6) is -0.209. The molecule has 0 aliphatic carbocycles. The Morgan fingerprint density at radius 1 is 1.28 bits per heavy atom. The Labute approximate surface area is 188 Å². The fraction of sp³-hybridized carbons (Fsp3) is 0.409. The Balaban J connectivity index is 1.60. The molecule has 7 heteroatoms. The summed E-state index contributed by atoms with van der Waals surface area (Å²) < 4.78 is 22.6. The molecule has 2 aromatic carbocycles. The van der Waals surface area contributed by atoms with Gasteiger partial charge in [0.2, 0.25) is 0 Å². The molecule has 0 radical (unpaired) electrons. The van der Waals surface area contributed by atoms with Crippen molar-refractivity contribution in [1.29, 1.82) is 0 Å². The van der Waals surface area contributed by atoms with E-state index in [4.69, 9.17) is 21.4 Å². The third kappa shape index (κ3) is 4.45. The van der Waals surface area contributed by atoms with Gasteiger partial charge in [-0.05, 0) is 62.7 Å². The molecule has 0 spiro atoms. The van der Waals surface area contributed by atoms with Gasteiger partial charge < -0.3 is 10.1 Å². The first kappa shape index (κ1) is 21.0. The van der Waals surface area contributed by atoms with Crippen LogP contribution in [0.3, 0.4) is 0 Å². The fourth-order valence-electron chi connectivity index (χ4n) is 4.14. The van der Waals surface area contributed by atoms with Crippen LogP contribution in [0.2, 0.25) is 5.02 Å². The zero-order chi connectivity index (χ0) is 20.4. The molecule has 1 N–H and O–H groups in total. The highest BCUT2D eigenvalue weighted by Crippen LogP contribution is 2.37. The average molecular weight is 528 g/mol. The van der Waals surface area contributed by atoms with Crippen molar-refractivity contribution in [2.24, 2.45) is 0 Å². The number of aromatic nitrogens is 2. The Morgan fingerprint density at radius 2 is 2.00 bits per heavy atom. The smallest absolute Gasteiger partial charge is 0.123 e. The highest BCUT2D eigenvalue weighted by atomic mass is 127. The normalized spacial score (nSPS) is 17.5. The largest absolute Gasteiger partial charge is 0.373 e. The Hall–Kier alpha value is -1.22. The standard InChI is InChI=1S/C22H24ClFIN3O/c1-15(20-11-18(23)10-16-12-28(14-25)27-21(16)20)29-13-22(6-8-26-9-7-22)17-2-4-19(24)5-3-17/h2-5,10-12,15,26H,6-9,13-14H2,1H3/t15-/m1/s1. The zero-order valence-electron chi connectivity index (χ0n) is 16.3. The average Bonchev–Trinajstić information content (AvgIpc) is 3.15. The summed E-state index contributed by atoms with van der Waals surface area (Å²) in [6.45, 7) is 4.48. The van der Waals surface area contributed by atoms with Gasteiger partial charge in [-0.2, -0.15) is 5.10 Å². The molecule has 4 nitrogen and oxygen atoms in total. The van der Waals surface area contributed by atoms with Crippen LogP contribution in [0.1, 0.15) is 37.0 Å². The molecule has 1 atom stereocenters. The van der Waals surface area contributed by atoms with Crippen molar-refractivity contribution in [1.82, 2.24) is 15.1 Å². The summed E-state index contributed by atoms with van der Waals surface area (Å²) in [7, 11) is 0. The molecule has 29 heavy (non-hydrogen) atoms. The molecule has 0 bridgehead atoms. The molecule has 0 amide bonds. The fourth-order valence-corrected chi connectivity index (χ4v) is 4.73. The van der Waals surface area contributed by atoms with E-state index in [0.717, 1.165) is 52.5 Å². The van der Waals surface area contributed by atoms with Gasteiger partial charge in [0.25, 0.3) is 0 Å². The van der Waals surface area contributed by atoms with E-state index in [0.29, 0.717) is 11.6 Å². The van der Waals surface area contributed by atoms with E-state index in [1.165, 1.54) is 0 Å². The number of hydrogen-bond donors (Lipinski definition) is 1. The van der Waals surface area contributed by atoms with Crippen molar-refractivity contribution in [3.05, 3.63) is 64.6 Å². The van der Waals surface area contributed by atoms with Gasteiger partial charge in [0.1, 0.15) is 5.82 Å². The minimum Gasteiger partial charge on any atom is -0.373 e. The molecule has 2 heterocycles. The second-order valence-corrected chi connectivity index (χ2v) is 8.83. The molecular weight excluding hydrogens is 504 g/mol. The third-order valence-corrected chi connectivity index (χ3v) is 6.75. The molecule has 154 valence electrons. The van der Waals surface area contributed by atoms with E-state index in [-0.39, 0.29) is 17.3 Å². The molecule has 3 aromatic rings. The predicted molar refractivity (Wildman–Crippen MR) is 123 cm³/mol. The van der Waals surface area contributed by atoms with Gasteiger partial charge in [0.05, 0.1) is 22.8 Å². The molecule has 0 unspecified atom stereocenters. The number of benzene rings is 2. The van der Waals surface area contributed by atoms with Crippen LogP contribution in [0.4, 0.5) is 4.39 Å². The number of alkyl halides is 1. The van der Waals surface area contributed by atoms with Crippen molar-refractivity contribution in [3.8, 4) is 0 Å². The van der Waals surface area contributed by atoms with E-state index in [2.05, 4.69) is 27.9 Å². The Bertz CT molecular complexity index is 986. The van der Waals surface area contributed by atoms with Gasteiger partial charge in [0, 0.05) is 27.6 Å². The number of hydrogen-bond acceptors (Lipinski definition) is 3. The van der Waals surface area contributed by atoms with Gasteiger partial charge in [-0.3, -0.25) is 4.68 Å². The number of rotatable bonds is 6. The first-order valence-electron chi connectivity index (χ1n) is 9.82. The summed E-state index contributed by atoms with van der Waals surface area (Å²) in [4.78, 5) is 0. The first-order valence-corrected chi connectivity index (χ1v) is 11.7. The zero-order valence-corrected chi connectivity index (χ0v) is 19.2. The summed E-state index contributed by atoms with van der Waals surface area (Å²) in [6.07, 6.45) is 3.77. The molecule has 1 aliphatic rings. The van der Waals surface area contributed by atoms with E-state index >= 15 is 0 Å². The number of ether oxygens (including phenoxy) is 1. The highest BCUT2D eigenvalue weighted by Gasteiger charge is 2.35. The van der Waals surface area contributed by atoms with E-state index in [9.17, 15) is 4.39 Å². The number of nitrogens with zero attached hydrogens (tertiary/aromatic N) is 2. The third-order valence-electron chi connectivity index (χ3n) is 5.84. The first-order chi connectivity index (χ1) is 14.0. The number of fused-ring (bicyclic) bond motifs is 1. The molecule has 1 aliphatic heterocycles. The van der Waals surface area contributed by atoms with Crippen molar-refractivity contribution < 1.29 is 9.13 Å². The van der Waals surface area contributed by atoms with Gasteiger partial charge in [-0.15, -0.1) is 0 Å². The molecular formula is C22H24ClFIN3O. The number of piperidine rings is 1. The van der Waals surface area contributed by atoms with Gasteiger partial charge in [0.15, 0.2) is 0 Å². The van der Waals surface area contributed by atoms with Gasteiger partial charge in [-0.25, -0.2) is 4.39 Å². The lowest BCUT2D eigenvalue weighted by Crippen LogP contribution is -2.43. The lowest BCUT2D eigenvalue weighted by Gasteiger charge is -2.38. The van der Waals surface area contributed by atoms with Crippen LogP contribution >= 0.6 is 34.2 Å². The number of nitrogens with one attached hydrogen (secondary N) is 1. The summed E-state index contributed by atoms with van der Waals surface area (Å²) >= 11 is 8.65. The molecule has 0 saturated carbocycles. The maximum atomic E-state index is 13.5. The van der Waals surface area contributed by atoms with Crippen molar-refractivity contribution in [3.63, 3.8) is 0 Å². The second-order valence-electron chi connectivity index (χ2n) is 7.71. The monoisotopic (exact) mass is 527 g/mol. The van der Waals surface area contributed by atoms with Crippen LogP contribution in [0, 0.1) is 5.82 Å². The summed E-state index contributed by atoms with van der Waals surface area (Å²) in [5.41, 5.74) is 2.95. The van der Waals surface area contributed by atoms with Gasteiger partial charge in [-0.1, -0.05) is 46.3 Å². The lowest BCUT2D eigenvalue weighted by molar-refractivity contribution is 0.0172. The summed E-state index contributed by atoms with van der Waals surface area (Å²) in [6, 6.07) is 10.8. The minimum absolute atomic E-state index is 0.119. The van der Waals surface area contributed by atoms with E-state index in [1.807, 2.05) is 42.1 Å². The second kappa shape index (κ2) is 8.88. The minimum atomic E-state index is -0.209. The Kier molecular flexibility index (Phi) is 6.44. The lowest BCUT2D eigenvalue weighted by atomic mass is 9.74. The van der Waals surface area contributed by atoms with Crippen LogP contribution in [0.25, 0.3) is 10.9 Å². The quantitative estimate of drug-likeness (QED) is 0.334. The van der Waals surface area contributed by atoms with Crippen LogP contribution in [-0.2, 0) is 14.7 Å². The van der Waals surface area contributed by atoms with E-state index in [1.54, 1.807) is 12.1 Å². The topological polar surface area (TPSA) is 39.1 Å². The van der Waals surface area contributed by atoms with Crippen molar-refractivity contribution in [2.45, 2.75) is 35.8 Å². The van der Waals surface area contributed by atoms with Crippen molar-refractivity contribution in [2.75, 3.05) is 19.7 Å². The molecule has 1 aromatic heterocycles. The van der Waals surface area contributed by atoms with E-state index < -0.39 is 0 Å². The van der Waals surface area contributed by atoms with Crippen LogP contribution in [-0.4, -0.2) is 29.5 Å². The molecule has 1 saturated heterocycles. The SMILES string of the molecule is C[C@@H](OCC1(c2ccc(F)cc2)CCNCC1)c1cc(Cl)cc2cn(CI)nc12. The highest BCUT2D eigenvalue weighted by molar-refractivity contribution is 14.1. The maximum Gasteiger partial charge on any atom is 0.123 e. The van der Waals surface area contributed by atoms with Crippen LogP contribution in [0.15, 0.2) is 42.6 Å². The Morgan fingerprint density at radius 3 is 2.69 bits per heavy atom. The van der Waals surface area contributed by atoms with Crippen molar-refractivity contribution >= 4 is 45.1 Å². The maximum absolute atomic E-state index is 13.5. The van der Waals surface area contributed by atoms with Gasteiger partial charge >= 0.3 is 0 Å². The summed E-state index contributed by atoms with van der Waals surface area (Å²) in [5, 5.41) is 9.82. The number of halogens is 3. The van der Waals surface area contributed by atoms with Crippen LogP contribution < -0.4 is 5.32 Å². The molecule has 1 fully saturated rings. The predicted octanol–water partition coefficient (Wildman–Crippen LogP) is 5.62.